The van der Waals surface area contributed by atoms with Gasteiger partial charge in [-0.3, -0.25) is 24.7 Å². The third-order valence-electron chi connectivity index (χ3n) is 10.4. The summed E-state index contributed by atoms with van der Waals surface area (Å²) >= 11 is 0. The first-order chi connectivity index (χ1) is 31.8. The standard InChI is InChI=1S/C25H33N2O.2C11H6N6O2.Co/c1-7-25(4)21-12-10-11-13-22(21)26(5)24(25)17-15-19-14-16-20(18-23(19)28-6)27(8-2)9-3;1-12-9-10(13-2)15-11(14-9)17-16-7-4-3-6(18)5-8(7)19;12-4-8-9(5-13)15-11(14-8)17-16-7-2-1-6(18)3-10(7)19;/h10-18H,7-9H2,1-6H3;3-5H,(H3,14,15,16,17,18,19);1-3H,(H3,14,15,16,17,18,19);/q+1;;;/p-2. The Balaban J connectivity index is 0.000000224. The number of nitrogens with zero attached hydrogens (tertiary/aromatic N) is 12. The monoisotopic (exact) mass is 942 g/mol. The fourth-order valence-electron chi connectivity index (χ4n) is 6.82. The van der Waals surface area contributed by atoms with E-state index in [1.807, 2.05) is 0 Å². The van der Waals surface area contributed by atoms with Crippen molar-refractivity contribution in [3.05, 3.63) is 153 Å². The van der Waals surface area contributed by atoms with Crippen LogP contribution >= 0.6 is 0 Å². The van der Waals surface area contributed by atoms with Gasteiger partial charge in [0.15, 0.2) is 17.3 Å². The first kappa shape index (κ1) is 50.8. The molecule has 4 aromatic rings. The maximum atomic E-state index is 10.9. The van der Waals surface area contributed by atoms with Crippen LogP contribution in [-0.4, -0.2) is 80.7 Å². The number of rotatable bonds is 9. The first-order valence-corrected chi connectivity index (χ1v) is 20.2. The second-order valence-electron chi connectivity index (χ2n) is 14.2. The van der Waals surface area contributed by atoms with E-state index in [1.54, 1.807) is 19.2 Å². The van der Waals surface area contributed by atoms with Crippen LogP contribution in [0.15, 0.2) is 117 Å². The smallest absolute Gasteiger partial charge is 0.304 e. The van der Waals surface area contributed by atoms with Gasteiger partial charge in [-0.15, -0.1) is 5.10 Å². The minimum Gasteiger partial charge on any atom is -0.560 e. The van der Waals surface area contributed by atoms with Crippen molar-refractivity contribution in [1.82, 2.24) is 19.9 Å². The molecule has 7 rings (SSSR count). The van der Waals surface area contributed by atoms with Crippen molar-refractivity contribution in [3.8, 4) is 17.9 Å². The fraction of sp³-hybridized carbons (Fsp3) is 0.213. The summed E-state index contributed by atoms with van der Waals surface area (Å²) in [7, 11) is 3.92. The van der Waals surface area contributed by atoms with Gasteiger partial charge in [0.05, 0.1) is 29.7 Å². The number of hydrogen-bond donors (Lipinski definition) is 4. The van der Waals surface area contributed by atoms with Crippen molar-refractivity contribution in [2.24, 2.45) is 20.4 Å². The van der Waals surface area contributed by atoms with Crippen LogP contribution < -0.4 is 30.8 Å². The number of aromatic nitrogens is 4. The molecule has 0 spiro atoms. The zero-order valence-corrected chi connectivity index (χ0v) is 38.1. The van der Waals surface area contributed by atoms with E-state index in [-0.39, 0.29) is 91.0 Å². The van der Waals surface area contributed by atoms with Crippen LogP contribution in [-0.2, 0) is 31.8 Å². The zero-order chi connectivity index (χ0) is 48.0. The third-order valence-corrected chi connectivity index (χ3v) is 10.4. The maximum absolute atomic E-state index is 10.9. The van der Waals surface area contributed by atoms with E-state index in [4.69, 9.17) is 28.4 Å². The first-order valence-electron chi connectivity index (χ1n) is 20.2. The van der Waals surface area contributed by atoms with Crippen LogP contribution in [0.2, 0.25) is 0 Å². The molecule has 3 aliphatic rings. The largest absolute Gasteiger partial charge is 0.560 e. The summed E-state index contributed by atoms with van der Waals surface area (Å²) in [5.41, 5.74) is 6.36. The van der Waals surface area contributed by atoms with Crippen LogP contribution in [0.1, 0.15) is 56.6 Å². The Morgan fingerprint density at radius 1 is 0.866 bits per heavy atom. The molecular formula is C47H43CoN14O5-. The predicted octanol–water partition coefficient (Wildman–Crippen LogP) is 6.11. The number of aliphatic hydroxyl groups excluding tert-OH is 2. The number of fused-ring (bicyclic) bond motifs is 1. The molecule has 19 nitrogen and oxygen atoms in total. The summed E-state index contributed by atoms with van der Waals surface area (Å²) in [4.78, 5) is 42.7. The van der Waals surface area contributed by atoms with Gasteiger partial charge in [-0.1, -0.05) is 36.8 Å². The number of ketones is 2. The van der Waals surface area contributed by atoms with Crippen LogP contribution in [0, 0.1) is 35.8 Å². The molecule has 341 valence electrons. The molecule has 1 atom stereocenters. The number of imidazole rings is 2. The Bertz CT molecular complexity index is 2930. The summed E-state index contributed by atoms with van der Waals surface area (Å²) < 4.78 is 8.03. The number of ether oxygens (including phenoxy) is 1. The van der Waals surface area contributed by atoms with E-state index in [0.717, 1.165) is 43.0 Å². The number of methoxy groups -OCH3 is 1. The molecule has 67 heavy (non-hydrogen) atoms. The molecule has 0 saturated heterocycles. The Morgan fingerprint density at radius 3 is 1.97 bits per heavy atom. The molecule has 2 aliphatic carbocycles. The molecule has 1 radical (unpaired) electrons. The third kappa shape index (κ3) is 11.9. The second kappa shape index (κ2) is 23.2. The number of hydrogen-bond acceptors (Lipinski definition) is 12. The number of benzene rings is 2. The average molecular weight is 943 g/mol. The van der Waals surface area contributed by atoms with Crippen molar-refractivity contribution in [2.75, 3.05) is 32.1 Å². The summed E-state index contributed by atoms with van der Waals surface area (Å²) in [5.74, 6) is -0.529. The number of H-pyrrole nitrogens is 2. The molecule has 2 aromatic carbocycles. The molecule has 1 unspecified atom stereocenters. The quantitative estimate of drug-likeness (QED) is 0.0648. The zero-order valence-electron chi connectivity index (χ0n) is 37.1. The van der Waals surface area contributed by atoms with Crippen LogP contribution in [0.25, 0.3) is 15.8 Å². The number of para-hydroxylation sites is 1. The molecule has 1 aliphatic heterocycles. The molecule has 0 fully saturated rings. The van der Waals surface area contributed by atoms with E-state index in [0.29, 0.717) is 0 Å². The SMILES string of the molecule is CCN(CC)c1ccc(/C=C/C2=[N+](C)c3ccccc3C2(C)CC)c(OC)c1.N#Cc1[n-]c(=NN=C2C=CC(=O)C=C2O)[nH]c1C#N.[C-]#[N+]c1[n-]c(=NN=C2C=CC(=O)C=C2O)[nH]c1[N+]#[C-].[Co]. The maximum Gasteiger partial charge on any atom is 0.304 e. The van der Waals surface area contributed by atoms with Crippen molar-refractivity contribution < 1.29 is 45.9 Å². The van der Waals surface area contributed by atoms with E-state index in [2.05, 4.69) is 149 Å². The molecule has 4 N–H and O–H groups in total. The summed E-state index contributed by atoms with van der Waals surface area (Å²) in [6.07, 6.45) is 12.6. The van der Waals surface area contributed by atoms with Gasteiger partial charge < -0.3 is 39.5 Å². The van der Waals surface area contributed by atoms with Crippen molar-refractivity contribution in [2.45, 2.75) is 39.5 Å². The minimum atomic E-state index is -0.354. The van der Waals surface area contributed by atoms with E-state index in [1.165, 1.54) is 47.0 Å². The normalized spacial score (nSPS) is 17.5. The summed E-state index contributed by atoms with van der Waals surface area (Å²) in [6.45, 7) is 24.6. The fourth-order valence-corrected chi connectivity index (χ4v) is 6.82. The molecule has 3 heterocycles. The Labute approximate surface area is 395 Å². The van der Waals surface area contributed by atoms with Gasteiger partial charge in [0.1, 0.15) is 47.9 Å². The van der Waals surface area contributed by atoms with Crippen molar-refractivity contribution in [1.29, 1.82) is 10.5 Å². The molecule has 2 aromatic heterocycles. The van der Waals surface area contributed by atoms with Crippen LogP contribution in [0.3, 0.4) is 0 Å². The van der Waals surface area contributed by atoms with Crippen LogP contribution in [0.4, 0.5) is 23.0 Å². The van der Waals surface area contributed by atoms with Gasteiger partial charge in [0.2, 0.25) is 11.5 Å². The second-order valence-corrected chi connectivity index (χ2v) is 14.2. The number of aromatic amines is 2. The minimum absolute atomic E-state index is 0. The number of allylic oxidation sites excluding steroid dienone is 7. The molecule has 0 saturated carbocycles. The van der Waals surface area contributed by atoms with Gasteiger partial charge >= 0.3 is 5.62 Å². The molecular weight excluding hydrogens is 900 g/mol. The summed E-state index contributed by atoms with van der Waals surface area (Å²) in [6, 6.07) is 18.7. The number of anilines is 1. The Morgan fingerprint density at radius 2 is 1.48 bits per heavy atom. The Kier molecular flexibility index (Phi) is 17.6. The van der Waals surface area contributed by atoms with E-state index < -0.39 is 0 Å². The van der Waals surface area contributed by atoms with E-state index >= 15 is 0 Å². The molecule has 20 heteroatoms. The average Bonchev–Trinajstić information content (AvgIpc) is 4.00. The number of nitriles is 2. The van der Waals surface area contributed by atoms with E-state index in [9.17, 15) is 19.8 Å². The number of nitrogens with one attached hydrogen (secondary N) is 2. The molecule has 0 amide bonds. The van der Waals surface area contributed by atoms with Gasteiger partial charge in [0, 0.05) is 82.7 Å². The predicted molar refractivity (Wildman–Crippen MR) is 246 cm³/mol. The van der Waals surface area contributed by atoms with Gasteiger partial charge in [-0.05, 0) is 69.7 Å². The number of aliphatic hydroxyl groups is 2. The van der Waals surface area contributed by atoms with Crippen LogP contribution in [0.5, 0.6) is 5.75 Å². The Hall–Kier alpha value is -8.82. The summed E-state index contributed by atoms with van der Waals surface area (Å²) in [5, 5.41) is 50.9. The number of carbonyl (C=O) groups is 2. The van der Waals surface area contributed by atoms with Gasteiger partial charge in [0.25, 0.3) is 0 Å². The number of carbonyl (C=O) groups excluding carboxylic acids is 2. The van der Waals surface area contributed by atoms with Gasteiger partial charge in [-0.2, -0.15) is 15.1 Å². The van der Waals surface area contributed by atoms with Gasteiger partial charge in [-0.25, -0.2) is 11.7 Å². The van der Waals surface area contributed by atoms with Crippen molar-refractivity contribution >= 4 is 57.8 Å². The topological polar surface area (TPSA) is 256 Å². The molecule has 0 bridgehead atoms. The van der Waals surface area contributed by atoms with Crippen molar-refractivity contribution in [3.63, 3.8) is 0 Å².